The predicted molar refractivity (Wildman–Crippen MR) is 153 cm³/mol. The summed E-state index contributed by atoms with van der Waals surface area (Å²) in [5.41, 5.74) is 1.32. The van der Waals surface area contributed by atoms with E-state index in [0.717, 1.165) is 16.8 Å². The number of rotatable bonds is 13. The molecular weight excluding hydrogens is 526 g/mol. The van der Waals surface area contributed by atoms with E-state index in [2.05, 4.69) is 18.5 Å². The van der Waals surface area contributed by atoms with Crippen LogP contribution in [-0.2, 0) is 28.7 Å². The Morgan fingerprint density at radius 2 is 1.98 bits per heavy atom. The predicted octanol–water partition coefficient (Wildman–Crippen LogP) is 2.20. The minimum absolute atomic E-state index is 0.0644. The van der Waals surface area contributed by atoms with Gasteiger partial charge in [0.15, 0.2) is 0 Å². The first kappa shape index (κ1) is 30.5. The van der Waals surface area contributed by atoms with Crippen LogP contribution >= 0.6 is 0 Å². The minimum Gasteiger partial charge on any atom is -0.460 e. The summed E-state index contributed by atoms with van der Waals surface area (Å²) < 4.78 is 12.1. The number of esters is 1. The lowest BCUT2D eigenvalue weighted by Gasteiger charge is -2.37. The molecule has 6 atom stereocenters. The van der Waals surface area contributed by atoms with Gasteiger partial charge >= 0.3 is 5.97 Å². The number of allylic oxidation sites excluding steroid dienone is 1. The van der Waals surface area contributed by atoms with E-state index in [4.69, 9.17) is 9.47 Å². The highest BCUT2D eigenvalue weighted by atomic mass is 16.6. The fourth-order valence-electron chi connectivity index (χ4n) is 6.75. The van der Waals surface area contributed by atoms with E-state index in [0.29, 0.717) is 25.7 Å². The third-order valence-corrected chi connectivity index (χ3v) is 8.41. The number of nitrogens with one attached hydrogen (secondary N) is 1. The standard InChI is InChI=1S/C31H41N3O7/c1-6-8-12-23(36)32-18-21(5)40-30(39)24-22-13-14-31(41-22)25(24)28(37)34(16-17-35)27(31)29(38)33(15-7-2)26-19(3)10-9-11-20(26)4/h6-7,9-11,21-22,24-25,27,35H,1-2,8,12-18H2,3-5H3,(H,32,36)/t21-,22+,24-,25-,27+,31-/m1/s1. The molecule has 3 aliphatic heterocycles. The SMILES string of the molecule is C=CCCC(=O)NC[C@@H](C)OC(=O)[C@@H]1[C@@H]2CC[C@]3(O2)[C@H](C(=O)N(CC=C)c2c(C)cccc2C)N(CCO)C(=O)[C@@H]13. The second-order valence-corrected chi connectivity index (χ2v) is 11.2. The first-order valence-electron chi connectivity index (χ1n) is 14.3. The summed E-state index contributed by atoms with van der Waals surface area (Å²) >= 11 is 0. The van der Waals surface area contributed by atoms with Crippen LogP contribution in [0.5, 0.6) is 0 Å². The van der Waals surface area contributed by atoms with Crippen LogP contribution in [0, 0.1) is 25.7 Å². The average molecular weight is 568 g/mol. The molecule has 2 N–H and O–H groups in total. The van der Waals surface area contributed by atoms with Gasteiger partial charge in [0.05, 0.1) is 31.1 Å². The molecule has 1 spiro atoms. The fourth-order valence-corrected chi connectivity index (χ4v) is 6.75. The molecular formula is C31H41N3O7. The molecule has 10 nitrogen and oxygen atoms in total. The van der Waals surface area contributed by atoms with Crippen molar-refractivity contribution >= 4 is 29.4 Å². The number of nitrogens with zero attached hydrogens (tertiary/aromatic N) is 2. The van der Waals surface area contributed by atoms with Gasteiger partial charge in [-0.15, -0.1) is 13.2 Å². The first-order valence-corrected chi connectivity index (χ1v) is 14.3. The number of anilines is 1. The third-order valence-electron chi connectivity index (χ3n) is 8.41. The van der Waals surface area contributed by atoms with Crippen molar-refractivity contribution in [2.75, 3.05) is 31.1 Å². The monoisotopic (exact) mass is 567 g/mol. The van der Waals surface area contributed by atoms with Crippen molar-refractivity contribution < 1.29 is 33.8 Å². The number of aliphatic hydroxyl groups excluding tert-OH is 1. The van der Waals surface area contributed by atoms with Crippen molar-refractivity contribution in [3.05, 3.63) is 54.6 Å². The molecule has 10 heteroatoms. The highest BCUT2D eigenvalue weighted by Gasteiger charge is 2.75. The molecule has 3 heterocycles. The van der Waals surface area contributed by atoms with Crippen LogP contribution in [-0.4, -0.2) is 83.8 Å². The summed E-state index contributed by atoms with van der Waals surface area (Å²) in [4.78, 5) is 56.8. The Morgan fingerprint density at radius 3 is 2.61 bits per heavy atom. The van der Waals surface area contributed by atoms with Crippen LogP contribution in [0.2, 0.25) is 0 Å². The topological polar surface area (TPSA) is 125 Å². The van der Waals surface area contributed by atoms with Gasteiger partial charge in [0.2, 0.25) is 11.8 Å². The van der Waals surface area contributed by atoms with Gasteiger partial charge in [-0.25, -0.2) is 0 Å². The Bertz CT molecular complexity index is 1200. The van der Waals surface area contributed by atoms with E-state index in [9.17, 15) is 24.3 Å². The molecule has 3 saturated heterocycles. The molecule has 0 saturated carbocycles. The van der Waals surface area contributed by atoms with E-state index in [-0.39, 0.29) is 38.1 Å². The van der Waals surface area contributed by atoms with Crippen molar-refractivity contribution in [2.24, 2.45) is 11.8 Å². The molecule has 3 aliphatic rings. The number of β-amino-alcohol motifs (C(OH)–C–C–N with tert-alkyl or cyclic N) is 1. The summed E-state index contributed by atoms with van der Waals surface area (Å²) in [5.74, 6) is -3.29. The summed E-state index contributed by atoms with van der Waals surface area (Å²) in [5, 5.41) is 12.6. The van der Waals surface area contributed by atoms with Crippen LogP contribution in [0.3, 0.4) is 0 Å². The van der Waals surface area contributed by atoms with Crippen LogP contribution in [0.4, 0.5) is 5.69 Å². The van der Waals surface area contributed by atoms with Crippen molar-refractivity contribution in [3.8, 4) is 0 Å². The van der Waals surface area contributed by atoms with Crippen LogP contribution < -0.4 is 10.2 Å². The molecule has 1 aromatic rings. The maximum Gasteiger partial charge on any atom is 0.312 e. The van der Waals surface area contributed by atoms with Gasteiger partial charge in [0.25, 0.3) is 5.91 Å². The summed E-state index contributed by atoms with van der Waals surface area (Å²) in [6.45, 7) is 12.9. The van der Waals surface area contributed by atoms with Crippen molar-refractivity contribution in [2.45, 2.75) is 70.3 Å². The van der Waals surface area contributed by atoms with Crippen LogP contribution in [0.15, 0.2) is 43.5 Å². The Balaban J connectivity index is 1.61. The largest absolute Gasteiger partial charge is 0.460 e. The fraction of sp³-hybridized carbons (Fsp3) is 0.548. The van der Waals surface area contributed by atoms with Crippen molar-refractivity contribution in [1.82, 2.24) is 10.2 Å². The summed E-state index contributed by atoms with van der Waals surface area (Å²) in [7, 11) is 0. The Hall–Kier alpha value is -3.50. The quantitative estimate of drug-likeness (QED) is 0.277. The number of aryl methyl sites for hydroxylation is 2. The average Bonchev–Trinajstić information content (AvgIpc) is 3.57. The number of para-hydroxylation sites is 1. The number of ether oxygens (including phenoxy) is 2. The number of carbonyl (C=O) groups is 4. The smallest absolute Gasteiger partial charge is 0.312 e. The number of hydrogen-bond donors (Lipinski definition) is 2. The lowest BCUT2D eigenvalue weighted by atomic mass is 9.70. The van der Waals surface area contributed by atoms with E-state index in [1.54, 1.807) is 24.0 Å². The van der Waals surface area contributed by atoms with E-state index < -0.39 is 47.6 Å². The van der Waals surface area contributed by atoms with Gasteiger partial charge in [0, 0.05) is 25.2 Å². The zero-order valence-corrected chi connectivity index (χ0v) is 24.1. The van der Waals surface area contributed by atoms with E-state index in [1.807, 2.05) is 32.0 Å². The Labute approximate surface area is 241 Å². The van der Waals surface area contributed by atoms with Crippen molar-refractivity contribution in [3.63, 3.8) is 0 Å². The van der Waals surface area contributed by atoms with Crippen molar-refractivity contribution in [1.29, 1.82) is 0 Å². The number of hydrogen-bond acceptors (Lipinski definition) is 7. The molecule has 1 aromatic carbocycles. The lowest BCUT2D eigenvalue weighted by Crippen LogP contribution is -2.57. The molecule has 41 heavy (non-hydrogen) atoms. The Morgan fingerprint density at radius 1 is 1.27 bits per heavy atom. The molecule has 0 aliphatic carbocycles. The summed E-state index contributed by atoms with van der Waals surface area (Å²) in [6, 6.07) is 4.74. The molecule has 0 unspecified atom stereocenters. The number of fused-ring (bicyclic) bond motifs is 1. The number of likely N-dealkylation sites (tertiary alicyclic amines) is 1. The second-order valence-electron chi connectivity index (χ2n) is 11.2. The van der Waals surface area contributed by atoms with Gasteiger partial charge in [0.1, 0.15) is 17.7 Å². The molecule has 3 fully saturated rings. The lowest BCUT2D eigenvalue weighted by molar-refractivity contribution is -0.159. The summed E-state index contributed by atoms with van der Waals surface area (Å²) in [6.07, 6.45) is 3.87. The van der Waals surface area contributed by atoms with E-state index in [1.165, 1.54) is 4.90 Å². The van der Waals surface area contributed by atoms with Gasteiger partial charge in [-0.3, -0.25) is 19.2 Å². The molecule has 0 radical (unpaired) electrons. The number of aliphatic hydroxyl groups is 1. The molecule has 222 valence electrons. The molecule has 2 bridgehead atoms. The van der Waals surface area contributed by atoms with E-state index >= 15 is 0 Å². The van der Waals surface area contributed by atoms with Crippen LogP contribution in [0.1, 0.15) is 43.7 Å². The zero-order valence-electron chi connectivity index (χ0n) is 24.1. The number of amides is 3. The second kappa shape index (κ2) is 12.6. The van der Waals surface area contributed by atoms with Crippen LogP contribution in [0.25, 0.3) is 0 Å². The van der Waals surface area contributed by atoms with Gasteiger partial charge in [-0.2, -0.15) is 0 Å². The zero-order chi connectivity index (χ0) is 29.9. The third kappa shape index (κ3) is 5.55. The van der Waals surface area contributed by atoms with Gasteiger partial charge in [-0.05, 0) is 51.2 Å². The highest BCUT2D eigenvalue weighted by molar-refractivity contribution is 6.05. The highest BCUT2D eigenvalue weighted by Crippen LogP contribution is 2.59. The normalized spacial score (nSPS) is 26.8. The van der Waals surface area contributed by atoms with Gasteiger partial charge < -0.3 is 29.7 Å². The molecule has 0 aromatic heterocycles. The Kier molecular flexibility index (Phi) is 9.34. The number of carbonyl (C=O) groups excluding carboxylic acids is 4. The maximum atomic E-state index is 14.4. The minimum atomic E-state index is -1.21. The maximum absolute atomic E-state index is 14.4. The van der Waals surface area contributed by atoms with Gasteiger partial charge in [-0.1, -0.05) is 30.4 Å². The number of benzene rings is 1. The first-order chi connectivity index (χ1) is 19.6. The molecule has 3 amide bonds. The molecule has 4 rings (SSSR count).